The number of carbonyl (C=O) groups is 3. The first-order chi connectivity index (χ1) is 24.1. The Kier molecular flexibility index (Phi) is 13.8. The molecule has 0 spiro atoms. The molecular formula is C37H44N6O7. The maximum Gasteiger partial charge on any atom is 0.417 e. The van der Waals surface area contributed by atoms with E-state index in [0.717, 1.165) is 9.80 Å². The number of carbonyl (C=O) groups excluding carboxylic acids is 3. The second kappa shape index (κ2) is 18.4. The van der Waals surface area contributed by atoms with Gasteiger partial charge in [0.2, 0.25) is 5.91 Å². The number of aliphatic hydroxyl groups excluding tert-OH is 1. The number of benzene rings is 2. The van der Waals surface area contributed by atoms with Crippen LogP contribution in [0.1, 0.15) is 42.4 Å². The van der Waals surface area contributed by atoms with Crippen molar-refractivity contribution in [1.29, 1.82) is 0 Å². The summed E-state index contributed by atoms with van der Waals surface area (Å²) in [5.74, 6) is -0.531. The topological polar surface area (TPSA) is 183 Å². The highest BCUT2D eigenvalue weighted by Gasteiger charge is 2.41. The summed E-state index contributed by atoms with van der Waals surface area (Å²) in [5.41, 5.74) is 15.3. The summed E-state index contributed by atoms with van der Waals surface area (Å²) in [4.78, 5) is 51.8. The Morgan fingerprint density at radius 3 is 2.12 bits per heavy atom. The molecule has 2 aromatic heterocycles. The molecule has 0 aliphatic heterocycles. The maximum absolute atomic E-state index is 14.0. The zero-order chi connectivity index (χ0) is 36.0. The van der Waals surface area contributed by atoms with Crippen molar-refractivity contribution in [3.8, 4) is 5.75 Å². The van der Waals surface area contributed by atoms with Crippen LogP contribution in [0.25, 0.3) is 0 Å². The van der Waals surface area contributed by atoms with Gasteiger partial charge in [-0.05, 0) is 53.8 Å². The van der Waals surface area contributed by atoms with E-state index in [0.29, 0.717) is 28.1 Å². The van der Waals surface area contributed by atoms with E-state index in [2.05, 4.69) is 9.97 Å². The fourth-order valence-electron chi connectivity index (χ4n) is 5.10. The number of imide groups is 1. The number of aromatic nitrogens is 2. The first-order valence-electron chi connectivity index (χ1n) is 16.2. The van der Waals surface area contributed by atoms with Crippen molar-refractivity contribution < 1.29 is 33.7 Å². The molecule has 0 saturated heterocycles. The summed E-state index contributed by atoms with van der Waals surface area (Å²) < 4.78 is 16.5. The molecule has 0 saturated carbocycles. The lowest BCUT2D eigenvalue weighted by Crippen LogP contribution is -2.59. The average molecular weight is 685 g/mol. The quantitative estimate of drug-likeness (QED) is 0.153. The van der Waals surface area contributed by atoms with Crippen LogP contribution >= 0.6 is 0 Å². The van der Waals surface area contributed by atoms with Crippen molar-refractivity contribution in [1.82, 2.24) is 19.8 Å². The molecule has 264 valence electrons. The molecule has 4 rings (SSSR count). The molecule has 0 fully saturated rings. The number of hydrogen-bond donors (Lipinski definition) is 3. The summed E-state index contributed by atoms with van der Waals surface area (Å²) >= 11 is 0. The van der Waals surface area contributed by atoms with E-state index in [1.54, 1.807) is 111 Å². The molecule has 0 bridgehead atoms. The third-order valence-electron chi connectivity index (χ3n) is 8.07. The number of amides is 3. The second-order valence-electron chi connectivity index (χ2n) is 12.0. The van der Waals surface area contributed by atoms with E-state index in [1.165, 1.54) is 7.11 Å². The molecule has 2 heterocycles. The summed E-state index contributed by atoms with van der Waals surface area (Å²) in [6.45, 7) is 2.71. The molecule has 4 atom stereocenters. The molecule has 4 aromatic rings. The predicted molar refractivity (Wildman–Crippen MR) is 185 cm³/mol. The van der Waals surface area contributed by atoms with Gasteiger partial charge >= 0.3 is 12.2 Å². The van der Waals surface area contributed by atoms with Crippen molar-refractivity contribution in [2.45, 2.75) is 57.8 Å². The molecular weight excluding hydrogens is 640 g/mol. The third-order valence-corrected chi connectivity index (χ3v) is 8.07. The normalized spacial score (nSPS) is 13.4. The van der Waals surface area contributed by atoms with Gasteiger partial charge in [-0.3, -0.25) is 19.7 Å². The molecule has 13 nitrogen and oxygen atoms in total. The summed E-state index contributed by atoms with van der Waals surface area (Å²) in [6, 6.07) is 22.0. The Labute approximate surface area is 291 Å². The minimum Gasteiger partial charge on any atom is -0.497 e. The molecule has 0 radical (unpaired) electrons. The third kappa shape index (κ3) is 10.3. The van der Waals surface area contributed by atoms with Crippen LogP contribution in [0.3, 0.4) is 0 Å². The van der Waals surface area contributed by atoms with E-state index < -0.39 is 49.0 Å². The maximum atomic E-state index is 14.0. The number of hydrogen-bond acceptors (Lipinski definition) is 11. The number of rotatable bonds is 15. The van der Waals surface area contributed by atoms with Gasteiger partial charge in [0.25, 0.3) is 0 Å². The minimum absolute atomic E-state index is 0.00753. The van der Waals surface area contributed by atoms with Crippen LogP contribution in [0.5, 0.6) is 5.75 Å². The van der Waals surface area contributed by atoms with E-state index >= 15 is 0 Å². The van der Waals surface area contributed by atoms with Crippen LogP contribution in [0.4, 0.5) is 9.59 Å². The molecule has 0 aliphatic rings. The fourth-order valence-corrected chi connectivity index (χ4v) is 5.10. The molecule has 50 heavy (non-hydrogen) atoms. The van der Waals surface area contributed by atoms with Gasteiger partial charge in [-0.15, -0.1) is 0 Å². The first kappa shape index (κ1) is 37.4. The highest BCUT2D eigenvalue weighted by molar-refractivity contribution is 5.95. The zero-order valence-electron chi connectivity index (χ0n) is 28.4. The molecule has 0 aliphatic carbocycles. The van der Waals surface area contributed by atoms with Crippen LogP contribution in [0.2, 0.25) is 0 Å². The fraction of sp³-hybridized carbons (Fsp3) is 0.324. The Balaban J connectivity index is 1.71. The van der Waals surface area contributed by atoms with Crippen molar-refractivity contribution in [2.24, 2.45) is 17.4 Å². The molecule has 3 amide bonds. The summed E-state index contributed by atoms with van der Waals surface area (Å²) in [6.07, 6.45) is 0.198. The average Bonchev–Trinajstić information content (AvgIpc) is 3.15. The lowest BCUT2D eigenvalue weighted by atomic mass is 9.96. The smallest absolute Gasteiger partial charge is 0.417 e. The second-order valence-corrected chi connectivity index (χ2v) is 12.0. The lowest BCUT2D eigenvalue weighted by Gasteiger charge is -2.38. The van der Waals surface area contributed by atoms with E-state index in [1.807, 2.05) is 6.07 Å². The van der Waals surface area contributed by atoms with Gasteiger partial charge in [0.15, 0.2) is 0 Å². The van der Waals surface area contributed by atoms with Crippen molar-refractivity contribution in [2.75, 3.05) is 13.7 Å². The number of nitrogens with two attached hydrogens (primary N) is 2. The molecule has 13 heteroatoms. The van der Waals surface area contributed by atoms with Crippen LogP contribution < -0.4 is 16.2 Å². The highest BCUT2D eigenvalue weighted by Crippen LogP contribution is 2.24. The van der Waals surface area contributed by atoms with Gasteiger partial charge in [0.05, 0.1) is 37.5 Å². The summed E-state index contributed by atoms with van der Waals surface area (Å²) in [7, 11) is 1.53. The monoisotopic (exact) mass is 684 g/mol. The van der Waals surface area contributed by atoms with Gasteiger partial charge in [-0.2, -0.15) is 0 Å². The van der Waals surface area contributed by atoms with Crippen molar-refractivity contribution in [3.05, 3.63) is 126 Å². The zero-order valence-corrected chi connectivity index (χ0v) is 28.4. The Bertz CT molecular complexity index is 1650. The van der Waals surface area contributed by atoms with Crippen molar-refractivity contribution >= 4 is 18.1 Å². The van der Waals surface area contributed by atoms with E-state index in [9.17, 15) is 19.5 Å². The number of methoxy groups -OCH3 is 1. The Hall–Kier alpha value is -5.37. The molecule has 1 unspecified atom stereocenters. The number of aliphatic hydroxyl groups is 1. The highest BCUT2D eigenvalue weighted by atomic mass is 16.6. The minimum atomic E-state index is -1.55. The number of pyridine rings is 2. The van der Waals surface area contributed by atoms with Gasteiger partial charge < -0.3 is 30.8 Å². The largest absolute Gasteiger partial charge is 0.497 e. The Morgan fingerprint density at radius 2 is 1.50 bits per heavy atom. The van der Waals surface area contributed by atoms with Crippen LogP contribution in [-0.2, 0) is 33.9 Å². The SMILES string of the molecule is COc1ccc(C(N)N(C[C@@H](O)[C@H](Cc2ccccc2)N(C(=O)OCc2ccccn2)C(=O)[C@@H](N)C(C)C)C(=O)OCc2cccnc2)cc1. The van der Waals surface area contributed by atoms with Gasteiger partial charge in [0, 0.05) is 24.2 Å². The lowest BCUT2D eigenvalue weighted by molar-refractivity contribution is -0.136. The molecule has 5 N–H and O–H groups in total. The number of nitrogens with zero attached hydrogens (tertiary/aromatic N) is 4. The first-order valence-corrected chi connectivity index (χ1v) is 16.2. The van der Waals surface area contributed by atoms with Crippen molar-refractivity contribution in [3.63, 3.8) is 0 Å². The van der Waals surface area contributed by atoms with E-state index in [4.69, 9.17) is 25.7 Å². The summed E-state index contributed by atoms with van der Waals surface area (Å²) in [5, 5.41) is 12.0. The van der Waals surface area contributed by atoms with Gasteiger partial charge in [0.1, 0.15) is 25.1 Å². The van der Waals surface area contributed by atoms with E-state index in [-0.39, 0.29) is 25.6 Å². The number of ether oxygens (including phenoxy) is 3. The van der Waals surface area contributed by atoms with Crippen LogP contribution in [0.15, 0.2) is 104 Å². The van der Waals surface area contributed by atoms with Gasteiger partial charge in [-0.1, -0.05) is 68.4 Å². The standard InChI is InChI=1S/C37H44N6O7/c1-25(2)33(38)35(45)43(37(47)50-24-29-13-7-8-19-41-29)31(20-26-10-5-4-6-11-26)32(44)22-42(34(39)28-14-16-30(48-3)17-15-28)36(46)49-23-27-12-9-18-40-21-27/h4-19,21,25,31-34,44H,20,22-24,38-39H2,1-3H3/t31-,32+,33-,34?/m0/s1. The predicted octanol–water partition coefficient (Wildman–Crippen LogP) is 4.20. The van der Waals surface area contributed by atoms with Gasteiger partial charge in [-0.25, -0.2) is 14.5 Å². The molecule has 2 aromatic carbocycles. The Morgan fingerprint density at radius 1 is 0.820 bits per heavy atom. The van der Waals surface area contributed by atoms with Crippen LogP contribution in [0, 0.1) is 5.92 Å². The van der Waals surface area contributed by atoms with Crippen LogP contribution in [-0.4, -0.2) is 74.8 Å².